The van der Waals surface area contributed by atoms with E-state index in [1.165, 1.54) is 13.2 Å². The van der Waals surface area contributed by atoms with Crippen LogP contribution < -0.4 is 20.6 Å². The number of likely N-dealkylation sites (tertiary alicyclic amines) is 1. The number of ether oxygens (including phenoxy) is 2. The van der Waals surface area contributed by atoms with E-state index in [9.17, 15) is 19.4 Å². The highest BCUT2D eigenvalue weighted by molar-refractivity contribution is 6.46. The first kappa shape index (κ1) is 32.7. The van der Waals surface area contributed by atoms with E-state index in [1.807, 2.05) is 47.4 Å². The van der Waals surface area contributed by atoms with Crippen LogP contribution in [-0.4, -0.2) is 82.6 Å². The van der Waals surface area contributed by atoms with Gasteiger partial charge >= 0.3 is 7.05 Å². The van der Waals surface area contributed by atoms with Gasteiger partial charge in [-0.2, -0.15) is 0 Å². The van der Waals surface area contributed by atoms with Gasteiger partial charge in [0, 0.05) is 19.3 Å². The molecule has 0 bridgehead atoms. The average Bonchev–Trinajstić information content (AvgIpc) is 3.70. The first-order valence-corrected chi connectivity index (χ1v) is 14.7. The second-order valence-corrected chi connectivity index (χ2v) is 11.4. The maximum atomic E-state index is 13.6. The van der Waals surface area contributed by atoms with Gasteiger partial charge in [-0.15, -0.1) is 0 Å². The third-order valence-corrected chi connectivity index (χ3v) is 7.39. The number of carbonyl (C=O) groups excluding carboxylic acids is 3. The number of nitrogens with zero attached hydrogens (tertiary/aromatic N) is 3. The van der Waals surface area contributed by atoms with Gasteiger partial charge in [-0.05, 0) is 56.8 Å². The Morgan fingerprint density at radius 3 is 2.39 bits per heavy atom. The van der Waals surface area contributed by atoms with Gasteiger partial charge in [0.25, 0.3) is 5.91 Å². The summed E-state index contributed by atoms with van der Waals surface area (Å²) >= 11 is 0. The molecule has 1 aliphatic rings. The summed E-state index contributed by atoms with van der Waals surface area (Å²) in [5.41, 5.74) is 0.500. The quantitative estimate of drug-likeness (QED) is 0.205. The van der Waals surface area contributed by atoms with Crippen LogP contribution in [0.1, 0.15) is 43.9 Å². The van der Waals surface area contributed by atoms with Gasteiger partial charge in [-0.25, -0.2) is 4.98 Å². The molecule has 0 aliphatic carbocycles. The normalized spacial score (nSPS) is 14.5. The molecule has 1 fully saturated rings. The molecular weight excluding hydrogens is 563 g/mol. The molecule has 2 aromatic carbocycles. The largest absolute Gasteiger partial charge is 0.497 e. The minimum atomic E-state index is -1.17. The molecule has 0 spiro atoms. The number of nitrogens with one attached hydrogen (secondary N) is 3. The number of methoxy groups -OCH3 is 1. The van der Waals surface area contributed by atoms with Crippen molar-refractivity contribution in [1.82, 2.24) is 25.0 Å². The molecule has 1 aromatic heterocycles. The fourth-order valence-electron chi connectivity index (χ4n) is 5.07. The summed E-state index contributed by atoms with van der Waals surface area (Å²) < 4.78 is 12.8. The molecule has 2 atom stereocenters. The van der Waals surface area contributed by atoms with Gasteiger partial charge < -0.3 is 39.8 Å². The third-order valence-electron chi connectivity index (χ3n) is 7.39. The van der Waals surface area contributed by atoms with Crippen LogP contribution in [0.3, 0.4) is 0 Å². The molecule has 1 aliphatic heterocycles. The molecule has 13 heteroatoms. The molecular formula is C31H41BN6O6. The summed E-state index contributed by atoms with van der Waals surface area (Å²) in [6, 6.07) is 15.0. The summed E-state index contributed by atoms with van der Waals surface area (Å²) in [6.07, 6.45) is 5.02. The van der Waals surface area contributed by atoms with Crippen LogP contribution in [0.5, 0.6) is 5.75 Å². The minimum Gasteiger partial charge on any atom is -0.497 e. The standard InChI is InChI=1S/C31H41BN6O6/c1-31(2,36-32(3)42)30(41)34-25(20-44-19-22-10-6-5-7-11-22)28(39)35-26-18-38(21-33-26)27(29(40)37-16-8-9-17-37)23-12-14-24(43-4)15-13-23/h5-7,10-15,18,21,25,27,36,42H,8-9,16-17,19-20H2,1-4H3,(H,34,41)(H,35,39). The van der Waals surface area contributed by atoms with Crippen LogP contribution in [0.4, 0.5) is 5.82 Å². The lowest BCUT2D eigenvalue weighted by Crippen LogP contribution is -2.60. The van der Waals surface area contributed by atoms with Crippen molar-refractivity contribution in [2.45, 2.75) is 57.7 Å². The third kappa shape index (κ3) is 8.68. The molecule has 1 saturated heterocycles. The molecule has 0 saturated carbocycles. The van der Waals surface area contributed by atoms with Crippen molar-refractivity contribution < 1.29 is 28.9 Å². The van der Waals surface area contributed by atoms with E-state index in [0.717, 1.165) is 24.0 Å². The number of hydrogen-bond donors (Lipinski definition) is 4. The Labute approximate surface area is 258 Å². The minimum absolute atomic E-state index is 0.0600. The molecule has 2 heterocycles. The Bertz CT molecular complexity index is 1390. The fourth-order valence-corrected chi connectivity index (χ4v) is 5.07. The molecule has 3 aromatic rings. The van der Waals surface area contributed by atoms with E-state index in [-0.39, 0.29) is 24.9 Å². The van der Waals surface area contributed by atoms with Crippen LogP contribution >= 0.6 is 0 Å². The smallest absolute Gasteiger partial charge is 0.374 e. The SMILES string of the molecule is COc1ccc(C(C(=O)N2CCCC2)n2cnc(NC(=O)C(COCc3ccccc3)NC(=O)C(C)(C)NB(C)O)c2)cc1. The van der Waals surface area contributed by atoms with Gasteiger partial charge in [-0.1, -0.05) is 42.5 Å². The number of benzene rings is 2. The first-order chi connectivity index (χ1) is 21.1. The van der Waals surface area contributed by atoms with Crippen LogP contribution in [0.2, 0.25) is 6.82 Å². The highest BCUT2D eigenvalue weighted by atomic mass is 16.5. The molecule has 234 valence electrons. The molecule has 0 radical (unpaired) electrons. The predicted molar refractivity (Wildman–Crippen MR) is 167 cm³/mol. The van der Waals surface area contributed by atoms with Crippen LogP contribution in [-0.2, 0) is 25.7 Å². The highest BCUT2D eigenvalue weighted by Crippen LogP contribution is 2.26. The number of aromatic nitrogens is 2. The van der Waals surface area contributed by atoms with Gasteiger partial charge in [0.2, 0.25) is 11.8 Å². The second-order valence-electron chi connectivity index (χ2n) is 11.4. The van der Waals surface area contributed by atoms with E-state index in [2.05, 4.69) is 20.8 Å². The number of amides is 3. The molecule has 2 unspecified atom stereocenters. The van der Waals surface area contributed by atoms with Crippen LogP contribution in [0, 0.1) is 0 Å². The fraction of sp³-hybridized carbons (Fsp3) is 0.419. The summed E-state index contributed by atoms with van der Waals surface area (Å²) in [4.78, 5) is 46.4. The Balaban J connectivity index is 1.52. The maximum Gasteiger partial charge on any atom is 0.374 e. The first-order valence-electron chi connectivity index (χ1n) is 14.7. The van der Waals surface area contributed by atoms with Gasteiger partial charge in [0.05, 0.1) is 32.2 Å². The lowest BCUT2D eigenvalue weighted by molar-refractivity contribution is -0.132. The number of imidazole rings is 1. The molecule has 4 N–H and O–H groups in total. The highest BCUT2D eigenvalue weighted by Gasteiger charge is 2.34. The second kappa shape index (κ2) is 15.0. The van der Waals surface area contributed by atoms with Crippen molar-refractivity contribution >= 4 is 30.6 Å². The predicted octanol–water partition coefficient (Wildman–Crippen LogP) is 2.22. The van der Waals surface area contributed by atoms with E-state index in [0.29, 0.717) is 18.8 Å². The number of anilines is 1. The van der Waals surface area contributed by atoms with Crippen molar-refractivity contribution in [3.8, 4) is 5.75 Å². The summed E-state index contributed by atoms with van der Waals surface area (Å²) in [6.45, 7) is 6.22. The maximum absolute atomic E-state index is 13.6. The Kier molecular flexibility index (Phi) is 11.2. The van der Waals surface area contributed by atoms with Crippen molar-refractivity contribution in [1.29, 1.82) is 0 Å². The van der Waals surface area contributed by atoms with E-state index < -0.39 is 36.5 Å². The van der Waals surface area contributed by atoms with Gasteiger partial charge in [0.15, 0.2) is 5.82 Å². The topological polar surface area (TPSA) is 147 Å². The van der Waals surface area contributed by atoms with Crippen LogP contribution in [0.15, 0.2) is 67.1 Å². The summed E-state index contributed by atoms with van der Waals surface area (Å²) in [5, 5.41) is 18.0. The van der Waals surface area contributed by atoms with Gasteiger partial charge in [-0.3, -0.25) is 14.4 Å². The molecule has 3 amide bonds. The molecule has 4 rings (SSSR count). The average molecular weight is 605 g/mol. The number of hydrogen-bond acceptors (Lipinski definition) is 8. The number of rotatable bonds is 14. The summed E-state index contributed by atoms with van der Waals surface area (Å²) in [5.74, 6) is -0.213. The van der Waals surface area contributed by atoms with E-state index in [1.54, 1.807) is 43.9 Å². The van der Waals surface area contributed by atoms with Crippen molar-refractivity contribution in [3.63, 3.8) is 0 Å². The number of carbonyl (C=O) groups is 3. The van der Waals surface area contributed by atoms with Gasteiger partial charge in [0.1, 0.15) is 17.8 Å². The van der Waals surface area contributed by atoms with E-state index >= 15 is 0 Å². The van der Waals surface area contributed by atoms with Crippen molar-refractivity contribution in [3.05, 3.63) is 78.2 Å². The lowest BCUT2D eigenvalue weighted by Gasteiger charge is -2.28. The van der Waals surface area contributed by atoms with Crippen LogP contribution in [0.25, 0.3) is 0 Å². The zero-order valence-corrected chi connectivity index (χ0v) is 25.7. The Morgan fingerprint density at radius 2 is 1.75 bits per heavy atom. The van der Waals surface area contributed by atoms with Crippen molar-refractivity contribution in [2.24, 2.45) is 0 Å². The summed E-state index contributed by atoms with van der Waals surface area (Å²) in [7, 11) is 0.642. The Morgan fingerprint density at radius 1 is 1.07 bits per heavy atom. The Hall–Kier alpha value is -4.20. The van der Waals surface area contributed by atoms with E-state index in [4.69, 9.17) is 9.47 Å². The van der Waals surface area contributed by atoms with Crippen molar-refractivity contribution in [2.75, 3.05) is 32.1 Å². The zero-order valence-electron chi connectivity index (χ0n) is 25.7. The monoisotopic (exact) mass is 604 g/mol. The lowest BCUT2D eigenvalue weighted by atomic mass is 9.83. The zero-order chi connectivity index (χ0) is 31.7. The molecule has 44 heavy (non-hydrogen) atoms. The molecule has 12 nitrogen and oxygen atoms in total.